The van der Waals surface area contributed by atoms with Gasteiger partial charge in [0.15, 0.2) is 19.5 Å². The van der Waals surface area contributed by atoms with E-state index in [0.29, 0.717) is 11.8 Å². The predicted molar refractivity (Wildman–Crippen MR) is 70.1 cm³/mol. The van der Waals surface area contributed by atoms with Crippen LogP contribution in [0.3, 0.4) is 0 Å². The fraction of sp³-hybridized carbons (Fsp3) is 0.214. The Kier molecular flexibility index (Phi) is 6.34. The van der Waals surface area contributed by atoms with Crippen LogP contribution in [-0.2, 0) is 14.3 Å². The van der Waals surface area contributed by atoms with Gasteiger partial charge in [-0.3, -0.25) is 9.59 Å². The molecule has 6 heteroatoms. The molecule has 20 heavy (non-hydrogen) atoms. The first-order valence-electron chi connectivity index (χ1n) is 5.70. The fourth-order valence-electron chi connectivity index (χ4n) is 1.23. The van der Waals surface area contributed by atoms with Crippen LogP contribution >= 0.6 is 0 Å². The van der Waals surface area contributed by atoms with E-state index in [1.165, 1.54) is 0 Å². The molecule has 0 fully saturated rings. The van der Waals surface area contributed by atoms with Gasteiger partial charge in [0.25, 0.3) is 5.91 Å². The van der Waals surface area contributed by atoms with Crippen molar-refractivity contribution in [3.63, 3.8) is 0 Å². The molecule has 0 bridgehead atoms. The van der Waals surface area contributed by atoms with Gasteiger partial charge in [-0.1, -0.05) is 18.1 Å². The largest absolute Gasteiger partial charge is 0.481 e. The maximum Gasteiger partial charge on any atom is 0.344 e. The zero-order chi connectivity index (χ0) is 14.8. The number of carbonyl (C=O) groups is 3. The summed E-state index contributed by atoms with van der Waals surface area (Å²) in [6, 6.07) is 6.45. The molecule has 1 aromatic carbocycles. The van der Waals surface area contributed by atoms with Crippen LogP contribution in [0.4, 0.5) is 0 Å². The molecule has 0 unspecified atom stereocenters. The average molecular weight is 275 g/mol. The number of terminal acetylenes is 1. The number of amides is 1. The van der Waals surface area contributed by atoms with Crippen molar-refractivity contribution in [3.05, 3.63) is 29.8 Å². The first-order valence-corrected chi connectivity index (χ1v) is 5.70. The highest BCUT2D eigenvalue weighted by Gasteiger charge is 2.09. The minimum absolute atomic E-state index is 0.0690. The Morgan fingerprint density at radius 2 is 2.05 bits per heavy atom. The van der Waals surface area contributed by atoms with Crippen LogP contribution in [-0.4, -0.2) is 37.9 Å². The number of nitrogens with one attached hydrogen (secondary N) is 1. The van der Waals surface area contributed by atoms with Crippen LogP contribution < -0.4 is 10.1 Å². The smallest absolute Gasteiger partial charge is 0.344 e. The Morgan fingerprint density at radius 3 is 2.75 bits per heavy atom. The molecule has 0 heterocycles. The molecule has 0 radical (unpaired) electrons. The Bertz CT molecular complexity index is 533. The molecule has 0 aliphatic carbocycles. The number of ether oxygens (including phenoxy) is 2. The molecule has 0 saturated carbocycles. The lowest BCUT2D eigenvalue weighted by molar-refractivity contribution is -0.150. The topological polar surface area (TPSA) is 81.7 Å². The normalized spacial score (nSPS) is 9.15. The first kappa shape index (κ1) is 15.2. The van der Waals surface area contributed by atoms with E-state index in [9.17, 15) is 14.4 Å². The summed E-state index contributed by atoms with van der Waals surface area (Å²) in [4.78, 5) is 33.2. The van der Waals surface area contributed by atoms with Gasteiger partial charge in [0, 0.05) is 0 Å². The molecule has 1 aromatic rings. The second kappa shape index (κ2) is 8.32. The van der Waals surface area contributed by atoms with Crippen LogP contribution in [0.25, 0.3) is 0 Å². The van der Waals surface area contributed by atoms with E-state index in [0.717, 1.165) is 0 Å². The van der Waals surface area contributed by atoms with Crippen LogP contribution in [0.15, 0.2) is 24.3 Å². The minimum atomic E-state index is -0.721. The number of rotatable bonds is 7. The molecule has 1 rings (SSSR count). The van der Waals surface area contributed by atoms with Gasteiger partial charge in [0.2, 0.25) is 0 Å². The summed E-state index contributed by atoms with van der Waals surface area (Å²) in [5.74, 6) is 1.27. The number of benzene rings is 1. The maximum atomic E-state index is 11.3. The van der Waals surface area contributed by atoms with Crippen molar-refractivity contribution in [1.29, 1.82) is 0 Å². The van der Waals surface area contributed by atoms with Gasteiger partial charge in [-0.05, 0) is 12.1 Å². The van der Waals surface area contributed by atoms with Gasteiger partial charge in [0.05, 0.1) is 12.1 Å². The van der Waals surface area contributed by atoms with Gasteiger partial charge < -0.3 is 14.8 Å². The summed E-state index contributed by atoms with van der Waals surface area (Å²) in [6.45, 7) is -0.758. The quantitative estimate of drug-likeness (QED) is 0.436. The van der Waals surface area contributed by atoms with Gasteiger partial charge in [-0.25, -0.2) is 4.79 Å². The number of hydrogen-bond acceptors (Lipinski definition) is 5. The maximum absolute atomic E-state index is 11.3. The van der Waals surface area contributed by atoms with Crippen LogP contribution in [0.5, 0.6) is 5.75 Å². The van der Waals surface area contributed by atoms with Gasteiger partial charge in [0.1, 0.15) is 5.75 Å². The van der Waals surface area contributed by atoms with Gasteiger partial charge in [-0.2, -0.15) is 0 Å². The van der Waals surface area contributed by atoms with E-state index in [1.807, 2.05) is 0 Å². The molecule has 0 saturated heterocycles. The lowest BCUT2D eigenvalue weighted by Crippen LogP contribution is -2.30. The Hall–Kier alpha value is -2.81. The number of hydrogen-bond donors (Lipinski definition) is 1. The van der Waals surface area contributed by atoms with Crippen molar-refractivity contribution < 1.29 is 23.9 Å². The first-order chi connectivity index (χ1) is 9.67. The summed E-state index contributed by atoms with van der Waals surface area (Å²) < 4.78 is 9.80. The summed E-state index contributed by atoms with van der Waals surface area (Å²) >= 11 is 0. The summed E-state index contributed by atoms with van der Waals surface area (Å²) in [6.07, 6.45) is 5.57. The lowest BCUT2D eigenvalue weighted by Gasteiger charge is -2.08. The Morgan fingerprint density at radius 1 is 1.30 bits per heavy atom. The number of esters is 1. The molecule has 6 nitrogen and oxygen atoms in total. The second-order valence-electron chi connectivity index (χ2n) is 3.59. The van der Waals surface area contributed by atoms with Crippen LogP contribution in [0, 0.1) is 12.3 Å². The van der Waals surface area contributed by atoms with E-state index in [1.54, 1.807) is 24.3 Å². The third-order valence-electron chi connectivity index (χ3n) is 2.14. The lowest BCUT2D eigenvalue weighted by atomic mass is 10.2. The summed E-state index contributed by atoms with van der Waals surface area (Å²) in [5, 5.41) is 2.34. The van der Waals surface area contributed by atoms with Crippen molar-refractivity contribution in [2.75, 3.05) is 19.8 Å². The van der Waals surface area contributed by atoms with Crippen molar-refractivity contribution in [2.45, 2.75) is 0 Å². The molecular formula is C14H13NO5. The van der Waals surface area contributed by atoms with Crippen LogP contribution in [0.2, 0.25) is 0 Å². The Labute approximate surface area is 116 Å². The molecular weight excluding hydrogens is 262 g/mol. The predicted octanol–water partition coefficient (Wildman–Crippen LogP) is 0.170. The van der Waals surface area contributed by atoms with Crippen LogP contribution in [0.1, 0.15) is 10.4 Å². The number of para-hydroxylation sites is 1. The highest BCUT2D eigenvalue weighted by molar-refractivity contribution is 5.81. The van der Waals surface area contributed by atoms with Crippen molar-refractivity contribution >= 4 is 18.2 Å². The molecule has 0 aromatic heterocycles. The summed E-state index contributed by atoms with van der Waals surface area (Å²) in [5.41, 5.74) is 0.326. The fourth-order valence-corrected chi connectivity index (χ4v) is 1.23. The van der Waals surface area contributed by atoms with Gasteiger partial charge in [-0.15, -0.1) is 6.42 Å². The van der Waals surface area contributed by atoms with Crippen molar-refractivity contribution in [3.8, 4) is 18.1 Å². The third kappa shape index (κ3) is 5.23. The minimum Gasteiger partial charge on any atom is -0.481 e. The molecule has 0 aliphatic rings. The highest BCUT2D eigenvalue weighted by atomic mass is 16.6. The molecule has 104 valence electrons. The standard InChI is InChI=1S/C14H13NO5/c1-2-7-15-13(17)9-20-14(18)10-19-12-6-4-3-5-11(12)8-16/h1,3-6,8H,7,9-10H2,(H,15,17). The van der Waals surface area contributed by atoms with Gasteiger partial charge >= 0.3 is 5.97 Å². The van der Waals surface area contributed by atoms with Crippen molar-refractivity contribution in [2.24, 2.45) is 0 Å². The van der Waals surface area contributed by atoms with E-state index in [-0.39, 0.29) is 12.3 Å². The second-order valence-corrected chi connectivity index (χ2v) is 3.59. The molecule has 0 atom stereocenters. The zero-order valence-corrected chi connectivity index (χ0v) is 10.6. The molecule has 1 N–H and O–H groups in total. The Balaban J connectivity index is 2.35. The number of aldehydes is 1. The monoisotopic (exact) mass is 275 g/mol. The molecule has 0 spiro atoms. The van der Waals surface area contributed by atoms with E-state index >= 15 is 0 Å². The van der Waals surface area contributed by atoms with E-state index in [2.05, 4.69) is 16.0 Å². The molecule has 1 amide bonds. The SMILES string of the molecule is C#CCNC(=O)COC(=O)COc1ccccc1C=O. The summed E-state index contributed by atoms with van der Waals surface area (Å²) in [7, 11) is 0. The highest BCUT2D eigenvalue weighted by Crippen LogP contribution is 2.15. The number of carbonyl (C=O) groups excluding carboxylic acids is 3. The average Bonchev–Trinajstić information content (AvgIpc) is 2.48. The van der Waals surface area contributed by atoms with E-state index < -0.39 is 25.1 Å². The van der Waals surface area contributed by atoms with E-state index in [4.69, 9.17) is 11.2 Å². The third-order valence-corrected chi connectivity index (χ3v) is 2.14. The van der Waals surface area contributed by atoms with Crippen molar-refractivity contribution in [1.82, 2.24) is 5.32 Å². The zero-order valence-electron chi connectivity index (χ0n) is 10.6. The molecule has 0 aliphatic heterocycles.